The number of hydrogen-bond acceptors (Lipinski definition) is 5. The Kier molecular flexibility index (Phi) is 5.71. The van der Waals surface area contributed by atoms with Crippen molar-refractivity contribution in [1.29, 1.82) is 0 Å². The van der Waals surface area contributed by atoms with Crippen LogP contribution in [-0.4, -0.2) is 31.4 Å². The molecule has 0 spiro atoms. The summed E-state index contributed by atoms with van der Waals surface area (Å²) in [5.74, 6) is -0.268. The van der Waals surface area contributed by atoms with E-state index < -0.39 is 17.6 Å². The predicted octanol–water partition coefficient (Wildman–Crippen LogP) is 3.19. The van der Waals surface area contributed by atoms with E-state index in [-0.39, 0.29) is 22.6 Å². The number of carbonyl (C=O) groups is 1. The Morgan fingerprint density at radius 2 is 1.81 bits per heavy atom. The summed E-state index contributed by atoms with van der Waals surface area (Å²) in [7, 11) is 2.80. The van der Waals surface area contributed by atoms with Crippen LogP contribution >= 0.6 is 0 Å². The molecule has 0 radical (unpaired) electrons. The zero-order valence-electron chi connectivity index (χ0n) is 13.8. The average Bonchev–Trinajstić information content (AvgIpc) is 2.61. The number of halogens is 3. The number of amides is 1. The number of rotatable bonds is 5. The van der Waals surface area contributed by atoms with Gasteiger partial charge in [-0.05, 0) is 24.3 Å². The molecule has 2 aromatic carbocycles. The van der Waals surface area contributed by atoms with Gasteiger partial charge in [-0.15, -0.1) is 0 Å². The van der Waals surface area contributed by atoms with Crippen molar-refractivity contribution in [2.45, 2.75) is 6.18 Å². The molecule has 0 fully saturated rings. The standard InChI is InChI=1S/C17H15F3N2O4/c1-25-12-7-14(23)13(15(8-12)26-2)9-21-22-16(24)10-3-5-11(6-4-10)17(18,19)20/h3-9,23H,1-2H3,(H,22,24). The number of carbonyl (C=O) groups excluding carboxylic acids is 1. The molecule has 0 saturated carbocycles. The van der Waals surface area contributed by atoms with E-state index in [0.717, 1.165) is 30.5 Å². The van der Waals surface area contributed by atoms with Gasteiger partial charge in [0.15, 0.2) is 0 Å². The van der Waals surface area contributed by atoms with E-state index in [1.807, 2.05) is 0 Å². The van der Waals surface area contributed by atoms with E-state index in [0.29, 0.717) is 5.75 Å². The molecule has 0 unspecified atom stereocenters. The Labute approximate surface area is 146 Å². The second kappa shape index (κ2) is 7.77. The third-order valence-corrected chi connectivity index (χ3v) is 3.38. The van der Waals surface area contributed by atoms with Crippen LogP contribution in [0.1, 0.15) is 21.5 Å². The molecule has 1 amide bonds. The lowest BCUT2D eigenvalue weighted by molar-refractivity contribution is -0.137. The van der Waals surface area contributed by atoms with E-state index in [1.165, 1.54) is 26.4 Å². The lowest BCUT2D eigenvalue weighted by Crippen LogP contribution is -2.18. The van der Waals surface area contributed by atoms with Crippen LogP contribution in [-0.2, 0) is 6.18 Å². The Bertz CT molecular complexity index is 818. The number of ether oxygens (including phenoxy) is 2. The van der Waals surface area contributed by atoms with Gasteiger partial charge in [-0.3, -0.25) is 4.79 Å². The summed E-state index contributed by atoms with van der Waals surface area (Å²) < 4.78 is 47.6. The summed E-state index contributed by atoms with van der Waals surface area (Å²) in [6, 6.07) is 6.53. The first-order valence-corrected chi connectivity index (χ1v) is 7.22. The first-order chi connectivity index (χ1) is 12.3. The highest BCUT2D eigenvalue weighted by Gasteiger charge is 2.30. The summed E-state index contributed by atoms with van der Waals surface area (Å²) in [6.07, 6.45) is -3.33. The third-order valence-electron chi connectivity index (χ3n) is 3.38. The van der Waals surface area contributed by atoms with Crippen LogP contribution < -0.4 is 14.9 Å². The number of hydrazone groups is 1. The average molecular weight is 368 g/mol. The van der Waals surface area contributed by atoms with Gasteiger partial charge in [0.05, 0.1) is 31.6 Å². The molecule has 6 nitrogen and oxygen atoms in total. The predicted molar refractivity (Wildman–Crippen MR) is 87.7 cm³/mol. The number of phenols is 1. The van der Waals surface area contributed by atoms with Gasteiger partial charge in [0.1, 0.15) is 17.2 Å². The fourth-order valence-electron chi connectivity index (χ4n) is 2.03. The van der Waals surface area contributed by atoms with Crippen LogP contribution in [0.25, 0.3) is 0 Å². The van der Waals surface area contributed by atoms with Gasteiger partial charge in [-0.25, -0.2) is 5.43 Å². The molecule has 2 N–H and O–H groups in total. The molecule has 2 aromatic rings. The number of alkyl halides is 3. The summed E-state index contributed by atoms with van der Waals surface area (Å²) in [6.45, 7) is 0. The molecular weight excluding hydrogens is 353 g/mol. The monoisotopic (exact) mass is 368 g/mol. The van der Waals surface area contributed by atoms with Gasteiger partial charge in [0, 0.05) is 17.7 Å². The quantitative estimate of drug-likeness (QED) is 0.627. The highest BCUT2D eigenvalue weighted by molar-refractivity contribution is 5.95. The van der Waals surface area contributed by atoms with Crippen molar-refractivity contribution in [2.24, 2.45) is 5.10 Å². The maximum atomic E-state index is 12.5. The normalized spacial score (nSPS) is 11.4. The molecular formula is C17H15F3N2O4. The van der Waals surface area contributed by atoms with Crippen molar-refractivity contribution in [3.05, 3.63) is 53.1 Å². The van der Waals surface area contributed by atoms with E-state index in [2.05, 4.69) is 10.5 Å². The summed E-state index contributed by atoms with van der Waals surface area (Å²) in [5.41, 5.74) is 1.50. The highest BCUT2D eigenvalue weighted by Crippen LogP contribution is 2.32. The van der Waals surface area contributed by atoms with Crippen LogP contribution in [0.5, 0.6) is 17.2 Å². The van der Waals surface area contributed by atoms with Crippen LogP contribution in [0.3, 0.4) is 0 Å². The van der Waals surface area contributed by atoms with Crippen molar-refractivity contribution in [1.82, 2.24) is 5.43 Å². The van der Waals surface area contributed by atoms with Gasteiger partial charge in [0.2, 0.25) is 0 Å². The fraction of sp³-hybridized carbons (Fsp3) is 0.176. The minimum absolute atomic E-state index is 0.000989. The first kappa shape index (κ1) is 19.1. The number of phenolic OH excluding ortho intramolecular Hbond substituents is 1. The zero-order chi connectivity index (χ0) is 19.3. The topological polar surface area (TPSA) is 80.2 Å². The molecule has 138 valence electrons. The highest BCUT2D eigenvalue weighted by atomic mass is 19.4. The largest absolute Gasteiger partial charge is 0.507 e. The van der Waals surface area contributed by atoms with Gasteiger partial charge >= 0.3 is 6.18 Å². The number of methoxy groups -OCH3 is 2. The second-order valence-corrected chi connectivity index (χ2v) is 5.04. The van der Waals surface area contributed by atoms with E-state index >= 15 is 0 Å². The van der Waals surface area contributed by atoms with E-state index in [9.17, 15) is 23.1 Å². The minimum atomic E-state index is -4.48. The number of nitrogens with one attached hydrogen (secondary N) is 1. The molecule has 26 heavy (non-hydrogen) atoms. The van der Waals surface area contributed by atoms with Crippen LogP contribution in [0.15, 0.2) is 41.5 Å². The van der Waals surface area contributed by atoms with Crippen molar-refractivity contribution < 1.29 is 32.5 Å². The molecule has 0 aromatic heterocycles. The summed E-state index contributed by atoms with van der Waals surface area (Å²) >= 11 is 0. The maximum Gasteiger partial charge on any atom is 0.416 e. The van der Waals surface area contributed by atoms with Gasteiger partial charge in [-0.1, -0.05) is 0 Å². The summed E-state index contributed by atoms with van der Waals surface area (Å²) in [5, 5.41) is 13.6. The van der Waals surface area contributed by atoms with Crippen molar-refractivity contribution in [3.8, 4) is 17.2 Å². The van der Waals surface area contributed by atoms with Gasteiger partial charge in [0.25, 0.3) is 5.91 Å². The Morgan fingerprint density at radius 1 is 1.15 bits per heavy atom. The van der Waals surface area contributed by atoms with E-state index in [1.54, 1.807) is 0 Å². The maximum absolute atomic E-state index is 12.5. The number of benzene rings is 2. The van der Waals surface area contributed by atoms with E-state index in [4.69, 9.17) is 9.47 Å². The molecule has 0 atom stereocenters. The van der Waals surface area contributed by atoms with Crippen molar-refractivity contribution in [3.63, 3.8) is 0 Å². The number of hydrogen-bond donors (Lipinski definition) is 2. The fourth-order valence-corrected chi connectivity index (χ4v) is 2.03. The molecule has 2 rings (SSSR count). The van der Waals surface area contributed by atoms with Crippen molar-refractivity contribution in [2.75, 3.05) is 14.2 Å². The molecule has 0 heterocycles. The van der Waals surface area contributed by atoms with Gasteiger partial charge in [-0.2, -0.15) is 18.3 Å². The van der Waals surface area contributed by atoms with Crippen LogP contribution in [0.2, 0.25) is 0 Å². The number of nitrogens with zero attached hydrogens (tertiary/aromatic N) is 1. The first-order valence-electron chi connectivity index (χ1n) is 7.22. The van der Waals surface area contributed by atoms with Crippen LogP contribution in [0, 0.1) is 0 Å². The van der Waals surface area contributed by atoms with Crippen molar-refractivity contribution >= 4 is 12.1 Å². The molecule has 9 heteroatoms. The smallest absolute Gasteiger partial charge is 0.416 e. The third kappa shape index (κ3) is 4.44. The zero-order valence-corrected chi connectivity index (χ0v) is 13.8. The summed E-state index contributed by atoms with van der Waals surface area (Å²) in [4.78, 5) is 11.9. The number of aromatic hydroxyl groups is 1. The second-order valence-electron chi connectivity index (χ2n) is 5.04. The SMILES string of the molecule is COc1cc(O)c(C=NNC(=O)c2ccc(C(F)(F)F)cc2)c(OC)c1. The minimum Gasteiger partial charge on any atom is -0.507 e. The Hall–Kier alpha value is -3.23. The Balaban J connectivity index is 2.12. The Morgan fingerprint density at radius 3 is 2.35 bits per heavy atom. The molecule has 0 bridgehead atoms. The molecule has 0 saturated heterocycles. The lowest BCUT2D eigenvalue weighted by atomic mass is 10.1. The van der Waals surface area contributed by atoms with Gasteiger partial charge < -0.3 is 14.6 Å². The van der Waals surface area contributed by atoms with Crippen LogP contribution in [0.4, 0.5) is 13.2 Å². The molecule has 0 aliphatic rings. The molecule has 0 aliphatic heterocycles. The molecule has 0 aliphatic carbocycles. The lowest BCUT2D eigenvalue weighted by Gasteiger charge is -2.09.